The molecule has 0 aromatic carbocycles. The van der Waals surface area contributed by atoms with Crippen molar-refractivity contribution in [3.8, 4) is 0 Å². The van der Waals surface area contributed by atoms with Crippen molar-refractivity contribution in [2.45, 2.75) is 38.0 Å². The van der Waals surface area contributed by atoms with Crippen molar-refractivity contribution < 1.29 is 13.2 Å². The minimum absolute atomic E-state index is 0.0351. The number of likely N-dealkylation sites (N-methyl/N-ethyl adjacent to an activating group) is 1. The lowest BCUT2D eigenvalue weighted by Crippen LogP contribution is -2.49. The van der Waals surface area contributed by atoms with Gasteiger partial charge in [-0.25, -0.2) is 8.42 Å². The summed E-state index contributed by atoms with van der Waals surface area (Å²) in [7, 11) is -1.19. The summed E-state index contributed by atoms with van der Waals surface area (Å²) in [5.74, 6) is 0.281. The SMILES string of the molecule is CC(=O)NC1CC1CC(C)S(=O)(=O)N1CCN(C)CC1. The molecule has 1 saturated heterocycles. The number of carbonyl (C=O) groups excluding carboxylic acids is 1. The molecule has 1 aliphatic carbocycles. The monoisotopic (exact) mass is 303 g/mol. The molecule has 0 radical (unpaired) electrons. The predicted octanol–water partition coefficient (Wildman–Crippen LogP) is -0.133. The van der Waals surface area contributed by atoms with Crippen LogP contribution in [0.3, 0.4) is 0 Å². The highest BCUT2D eigenvalue weighted by atomic mass is 32.2. The molecule has 2 aliphatic rings. The van der Waals surface area contributed by atoms with Gasteiger partial charge in [0.15, 0.2) is 0 Å². The van der Waals surface area contributed by atoms with Gasteiger partial charge in [-0.05, 0) is 32.7 Å². The second-order valence-electron chi connectivity index (χ2n) is 6.10. The summed E-state index contributed by atoms with van der Waals surface area (Å²) in [6.45, 7) is 6.05. The second-order valence-corrected chi connectivity index (χ2v) is 8.45. The van der Waals surface area contributed by atoms with E-state index in [9.17, 15) is 13.2 Å². The molecule has 6 nitrogen and oxygen atoms in total. The van der Waals surface area contributed by atoms with Crippen molar-refractivity contribution in [2.24, 2.45) is 5.92 Å². The Kier molecular flexibility index (Phi) is 4.71. The molecule has 1 heterocycles. The Labute approximate surface area is 121 Å². The van der Waals surface area contributed by atoms with Gasteiger partial charge in [0.1, 0.15) is 0 Å². The summed E-state index contributed by atoms with van der Waals surface area (Å²) in [4.78, 5) is 13.1. The van der Waals surface area contributed by atoms with Gasteiger partial charge in [0.05, 0.1) is 5.25 Å². The minimum Gasteiger partial charge on any atom is -0.353 e. The first-order valence-corrected chi connectivity index (χ1v) is 8.75. The number of carbonyl (C=O) groups is 1. The summed E-state index contributed by atoms with van der Waals surface area (Å²) in [6.07, 6.45) is 1.54. The first-order valence-electron chi connectivity index (χ1n) is 7.25. The van der Waals surface area contributed by atoms with E-state index in [0.29, 0.717) is 25.4 Å². The van der Waals surface area contributed by atoms with Gasteiger partial charge in [-0.2, -0.15) is 4.31 Å². The van der Waals surface area contributed by atoms with E-state index in [0.717, 1.165) is 19.5 Å². The van der Waals surface area contributed by atoms with Crippen LogP contribution in [-0.4, -0.2) is 68.0 Å². The smallest absolute Gasteiger partial charge is 0.217 e. The zero-order chi connectivity index (χ0) is 14.9. The van der Waals surface area contributed by atoms with Crippen molar-refractivity contribution in [1.82, 2.24) is 14.5 Å². The number of hydrogen-bond donors (Lipinski definition) is 1. The van der Waals surface area contributed by atoms with Crippen molar-refractivity contribution in [3.63, 3.8) is 0 Å². The number of rotatable bonds is 5. The molecular weight excluding hydrogens is 278 g/mol. The van der Waals surface area contributed by atoms with E-state index in [1.807, 2.05) is 7.05 Å². The molecule has 0 aromatic rings. The maximum atomic E-state index is 12.5. The number of amides is 1. The van der Waals surface area contributed by atoms with Crippen LogP contribution >= 0.6 is 0 Å². The molecule has 116 valence electrons. The van der Waals surface area contributed by atoms with Crippen LogP contribution in [-0.2, 0) is 14.8 Å². The van der Waals surface area contributed by atoms with Crippen LogP contribution in [0, 0.1) is 5.92 Å². The van der Waals surface area contributed by atoms with Gasteiger partial charge in [-0.1, -0.05) is 0 Å². The molecule has 0 spiro atoms. The predicted molar refractivity (Wildman–Crippen MR) is 77.8 cm³/mol. The highest BCUT2D eigenvalue weighted by Gasteiger charge is 2.42. The lowest BCUT2D eigenvalue weighted by atomic mass is 10.2. The largest absolute Gasteiger partial charge is 0.353 e. The Hall–Kier alpha value is -0.660. The standard InChI is InChI=1S/C13H25N3O3S/c1-10(8-12-9-13(12)14-11(2)17)20(18,19)16-6-4-15(3)5-7-16/h10,12-13H,4-9H2,1-3H3,(H,14,17). The minimum atomic E-state index is -3.20. The van der Waals surface area contributed by atoms with Crippen LogP contribution in [0.5, 0.6) is 0 Å². The summed E-state index contributed by atoms with van der Waals surface area (Å²) in [6, 6.07) is 0.178. The van der Waals surface area contributed by atoms with Crippen molar-refractivity contribution >= 4 is 15.9 Å². The Bertz CT molecular complexity index is 457. The zero-order valence-corrected chi connectivity index (χ0v) is 13.3. The average Bonchev–Trinajstić information content (AvgIpc) is 3.06. The summed E-state index contributed by atoms with van der Waals surface area (Å²) in [5, 5.41) is 2.49. The maximum absolute atomic E-state index is 12.5. The Morgan fingerprint density at radius 1 is 1.30 bits per heavy atom. The Balaban J connectivity index is 1.85. The van der Waals surface area contributed by atoms with Crippen LogP contribution in [0.4, 0.5) is 0 Å². The van der Waals surface area contributed by atoms with Crippen LogP contribution in [0.2, 0.25) is 0 Å². The van der Waals surface area contributed by atoms with Crippen LogP contribution < -0.4 is 5.32 Å². The molecule has 20 heavy (non-hydrogen) atoms. The topological polar surface area (TPSA) is 69.7 Å². The fourth-order valence-corrected chi connectivity index (χ4v) is 4.46. The van der Waals surface area contributed by atoms with Crippen molar-refractivity contribution in [3.05, 3.63) is 0 Å². The third-order valence-corrected chi connectivity index (χ3v) is 6.57. The molecule has 1 amide bonds. The molecule has 0 bridgehead atoms. The molecule has 2 rings (SSSR count). The zero-order valence-electron chi connectivity index (χ0n) is 12.5. The van der Waals surface area contributed by atoms with E-state index >= 15 is 0 Å². The van der Waals surface area contributed by atoms with Crippen LogP contribution in [0.15, 0.2) is 0 Å². The highest BCUT2D eigenvalue weighted by molar-refractivity contribution is 7.89. The van der Waals surface area contributed by atoms with E-state index in [1.165, 1.54) is 6.92 Å². The van der Waals surface area contributed by atoms with Gasteiger partial charge in [0.25, 0.3) is 0 Å². The number of sulfonamides is 1. The third-order valence-electron chi connectivity index (χ3n) is 4.28. The molecular formula is C13H25N3O3S. The normalized spacial score (nSPS) is 29.9. The molecule has 1 saturated carbocycles. The molecule has 3 atom stereocenters. The van der Waals surface area contributed by atoms with Gasteiger partial charge in [0, 0.05) is 39.1 Å². The maximum Gasteiger partial charge on any atom is 0.217 e. The van der Waals surface area contributed by atoms with Gasteiger partial charge in [-0.3, -0.25) is 4.79 Å². The number of nitrogens with zero attached hydrogens (tertiary/aromatic N) is 2. The average molecular weight is 303 g/mol. The third kappa shape index (κ3) is 3.71. The Morgan fingerprint density at radius 2 is 1.90 bits per heavy atom. The highest BCUT2D eigenvalue weighted by Crippen LogP contribution is 2.36. The molecule has 0 aromatic heterocycles. The van der Waals surface area contributed by atoms with Gasteiger partial charge in [0.2, 0.25) is 15.9 Å². The number of hydrogen-bond acceptors (Lipinski definition) is 4. The number of piperazine rings is 1. The van der Waals surface area contributed by atoms with E-state index < -0.39 is 10.0 Å². The molecule has 1 aliphatic heterocycles. The van der Waals surface area contributed by atoms with Crippen LogP contribution in [0.1, 0.15) is 26.7 Å². The fraction of sp³-hybridized carbons (Fsp3) is 0.923. The summed E-state index contributed by atoms with van der Waals surface area (Å²) >= 11 is 0. The number of nitrogens with one attached hydrogen (secondary N) is 1. The first-order chi connectivity index (χ1) is 9.30. The first kappa shape index (κ1) is 15.7. The quantitative estimate of drug-likeness (QED) is 0.768. The lowest BCUT2D eigenvalue weighted by molar-refractivity contribution is -0.119. The van der Waals surface area contributed by atoms with E-state index in [1.54, 1.807) is 11.2 Å². The van der Waals surface area contributed by atoms with Crippen molar-refractivity contribution in [2.75, 3.05) is 33.2 Å². The second kappa shape index (κ2) is 5.99. The van der Waals surface area contributed by atoms with Crippen molar-refractivity contribution in [1.29, 1.82) is 0 Å². The molecule has 1 N–H and O–H groups in total. The molecule has 7 heteroatoms. The lowest BCUT2D eigenvalue weighted by Gasteiger charge is -2.33. The van der Waals surface area contributed by atoms with Gasteiger partial charge >= 0.3 is 0 Å². The Morgan fingerprint density at radius 3 is 2.45 bits per heavy atom. The van der Waals surface area contributed by atoms with E-state index in [4.69, 9.17) is 0 Å². The van der Waals surface area contributed by atoms with E-state index in [2.05, 4.69) is 10.2 Å². The molecule has 2 fully saturated rings. The molecule has 3 unspecified atom stereocenters. The van der Waals surface area contributed by atoms with Gasteiger partial charge < -0.3 is 10.2 Å². The van der Waals surface area contributed by atoms with E-state index in [-0.39, 0.29) is 17.2 Å². The summed E-state index contributed by atoms with van der Waals surface area (Å²) in [5.41, 5.74) is 0. The fourth-order valence-electron chi connectivity index (χ4n) is 2.79. The van der Waals surface area contributed by atoms with Gasteiger partial charge in [-0.15, -0.1) is 0 Å². The summed E-state index contributed by atoms with van der Waals surface area (Å²) < 4.78 is 26.6. The van der Waals surface area contributed by atoms with Crippen LogP contribution in [0.25, 0.3) is 0 Å².